The first kappa shape index (κ1) is 73.1. The third-order valence-corrected chi connectivity index (χ3v) is 20.9. The molecule has 2 aromatic carbocycles. The third-order valence-electron chi connectivity index (χ3n) is 19.7. The van der Waals surface area contributed by atoms with Gasteiger partial charge in [0.2, 0.25) is 47.3 Å². The zero-order valence-corrected chi connectivity index (χ0v) is 56.1. The zero-order valence-electron chi connectivity index (χ0n) is 55.3. The number of piperidine rings is 1. The van der Waals surface area contributed by atoms with Crippen molar-refractivity contribution in [3.63, 3.8) is 0 Å². The van der Waals surface area contributed by atoms with Crippen molar-refractivity contribution in [2.45, 2.75) is 201 Å². The SMILES string of the molecule is C[C@@H](O)[C@@H]1NC(=O)[C@@H](NCC2CCC(c3nnc(-c4ccc(-c5cnc(N6CCC(OC7CCCCC7)CC6)nc5)cc4)s3)CC2)C[C@@H](O)CNC(=O)[C@@H]2[C@@H](O)[C@@H](C)CN2C(=O)[C@H]([C@H](O)CC(N)=O)NC(=O)[C@H]([C@H](O)Cc2ccc(O)c(OCCN)c2)NC(=O)[C@@H]2C[C@@H](O)CN2C1=O. The summed E-state index contributed by atoms with van der Waals surface area (Å²) in [6, 6.07) is 1.39. The molecule has 4 aliphatic heterocycles. The number of aromatic hydroxyl groups is 1. The highest BCUT2D eigenvalue weighted by Crippen LogP contribution is 2.39. The number of rotatable bonds is 19. The van der Waals surface area contributed by atoms with Gasteiger partial charge < -0.3 is 98.0 Å². The number of phenolic OH excluding ortho intramolecular Hbond substituents is 1. The number of nitrogens with zero attached hydrogens (tertiary/aromatic N) is 7. The molecular formula is C67H94N14O16S. The fourth-order valence-electron chi connectivity index (χ4n) is 14.2. The van der Waals surface area contributed by atoms with Crippen LogP contribution >= 0.6 is 11.3 Å². The largest absolute Gasteiger partial charge is 0.504 e. The molecule has 0 spiro atoms. The van der Waals surface area contributed by atoms with Crippen molar-refractivity contribution in [1.29, 1.82) is 0 Å². The van der Waals surface area contributed by atoms with Gasteiger partial charge in [-0.2, -0.15) is 0 Å². The van der Waals surface area contributed by atoms with Gasteiger partial charge in [-0.3, -0.25) is 33.6 Å². The number of nitrogens with two attached hydrogens (primary N) is 2. The Morgan fingerprint density at radius 3 is 2.08 bits per heavy atom. The van der Waals surface area contributed by atoms with E-state index in [0.717, 1.165) is 81.2 Å². The fraction of sp³-hybridized carbons (Fsp3) is 0.627. The molecule has 534 valence electrons. The predicted octanol–water partition coefficient (Wildman–Crippen LogP) is -1.02. The molecule has 16 N–H and O–H groups in total. The van der Waals surface area contributed by atoms with E-state index >= 15 is 0 Å². The molecule has 6 fully saturated rings. The number of carbonyl (C=O) groups is 7. The number of carbonyl (C=O) groups excluding carboxylic acids is 7. The van der Waals surface area contributed by atoms with Gasteiger partial charge in [-0.05, 0) is 100 Å². The molecular weight excluding hydrogens is 1290 g/mol. The van der Waals surface area contributed by atoms with Crippen molar-refractivity contribution in [1.82, 2.24) is 56.5 Å². The Morgan fingerprint density at radius 2 is 1.40 bits per heavy atom. The molecule has 6 heterocycles. The van der Waals surface area contributed by atoms with Crippen molar-refractivity contribution >= 4 is 58.6 Å². The van der Waals surface area contributed by atoms with Crippen molar-refractivity contribution < 1.29 is 78.8 Å². The first-order chi connectivity index (χ1) is 47.0. The van der Waals surface area contributed by atoms with Crippen LogP contribution in [0.5, 0.6) is 11.5 Å². The number of aliphatic hydroxyl groups is 6. The van der Waals surface area contributed by atoms with E-state index in [9.17, 15) is 69.3 Å². The van der Waals surface area contributed by atoms with E-state index in [1.54, 1.807) is 0 Å². The molecule has 2 aromatic heterocycles. The van der Waals surface area contributed by atoms with Crippen LogP contribution in [0.25, 0.3) is 21.7 Å². The van der Waals surface area contributed by atoms with Gasteiger partial charge in [-0.1, -0.05) is 67.9 Å². The summed E-state index contributed by atoms with van der Waals surface area (Å²) in [6.45, 7) is 3.40. The Hall–Kier alpha value is -7.59. The van der Waals surface area contributed by atoms with Gasteiger partial charge in [0, 0.05) is 87.5 Å². The molecule has 31 heteroatoms. The molecule has 98 heavy (non-hydrogen) atoms. The lowest BCUT2D eigenvalue weighted by Crippen LogP contribution is -2.64. The van der Waals surface area contributed by atoms with Crippen LogP contribution in [0.15, 0.2) is 54.9 Å². The minimum Gasteiger partial charge on any atom is -0.504 e. The summed E-state index contributed by atoms with van der Waals surface area (Å²) < 4.78 is 12.0. The number of primary amides is 1. The molecule has 4 saturated heterocycles. The van der Waals surface area contributed by atoms with Crippen LogP contribution in [0.4, 0.5) is 5.95 Å². The number of fused-ring (bicyclic) bond motifs is 2. The quantitative estimate of drug-likeness (QED) is 0.0534. The predicted molar refractivity (Wildman–Crippen MR) is 356 cm³/mol. The fourth-order valence-corrected chi connectivity index (χ4v) is 15.2. The van der Waals surface area contributed by atoms with Crippen molar-refractivity contribution in [3.8, 4) is 33.2 Å². The van der Waals surface area contributed by atoms with Gasteiger partial charge in [0.05, 0.1) is 61.3 Å². The maximum absolute atomic E-state index is 14.8. The number of phenols is 1. The van der Waals surface area contributed by atoms with Crippen LogP contribution < -0.4 is 47.7 Å². The van der Waals surface area contributed by atoms with E-state index in [1.165, 1.54) is 75.5 Å². The number of hydrogen-bond acceptors (Lipinski definition) is 24. The van der Waals surface area contributed by atoms with Crippen LogP contribution in [0.3, 0.4) is 0 Å². The Balaban J connectivity index is 0.821. The second-order valence-electron chi connectivity index (χ2n) is 27.1. The molecule has 13 atom stereocenters. The highest BCUT2D eigenvalue weighted by Gasteiger charge is 2.50. The molecule has 6 aliphatic rings. The minimum atomic E-state index is -2.14. The maximum Gasteiger partial charge on any atom is 0.248 e. The summed E-state index contributed by atoms with van der Waals surface area (Å²) >= 11 is 1.53. The van der Waals surface area contributed by atoms with Gasteiger partial charge >= 0.3 is 0 Å². The lowest BCUT2D eigenvalue weighted by molar-refractivity contribution is -0.147. The summed E-state index contributed by atoms with van der Waals surface area (Å²) in [5.74, 6) is -7.96. The highest BCUT2D eigenvalue weighted by molar-refractivity contribution is 7.14. The van der Waals surface area contributed by atoms with Gasteiger partial charge in [-0.15, -0.1) is 10.2 Å². The number of benzene rings is 2. The summed E-state index contributed by atoms with van der Waals surface area (Å²) in [6.07, 6.45) is 3.05. The van der Waals surface area contributed by atoms with Crippen molar-refractivity contribution in [3.05, 3.63) is 65.4 Å². The number of β-amino-alcohol motifs (C(OH)–C–C–N with tert-alkyl or cyclic N) is 1. The van der Waals surface area contributed by atoms with Gasteiger partial charge in [0.25, 0.3) is 0 Å². The topological polar surface area (TPSA) is 453 Å². The van der Waals surface area contributed by atoms with Crippen LogP contribution in [-0.2, 0) is 44.7 Å². The molecule has 10 rings (SSSR count). The van der Waals surface area contributed by atoms with Gasteiger partial charge in [-0.25, -0.2) is 9.97 Å². The lowest BCUT2D eigenvalue weighted by Gasteiger charge is -2.34. The maximum atomic E-state index is 14.8. The van der Waals surface area contributed by atoms with Gasteiger partial charge in [0.15, 0.2) is 11.5 Å². The summed E-state index contributed by atoms with van der Waals surface area (Å²) in [5.41, 5.74) is 14.1. The third kappa shape index (κ3) is 18.2. The number of anilines is 1. The van der Waals surface area contributed by atoms with E-state index in [0.29, 0.717) is 18.9 Å². The Bertz CT molecular complexity index is 3390. The van der Waals surface area contributed by atoms with E-state index in [4.69, 9.17) is 30.9 Å². The smallest absolute Gasteiger partial charge is 0.248 e. The molecule has 0 unspecified atom stereocenters. The van der Waals surface area contributed by atoms with Crippen molar-refractivity contribution in [2.24, 2.45) is 23.3 Å². The average molecular weight is 1380 g/mol. The zero-order chi connectivity index (χ0) is 69.9. The van der Waals surface area contributed by atoms with Gasteiger partial charge in [0.1, 0.15) is 46.8 Å². The molecule has 2 saturated carbocycles. The second-order valence-corrected chi connectivity index (χ2v) is 28.1. The Kier molecular flexibility index (Phi) is 25.0. The van der Waals surface area contributed by atoms with Crippen LogP contribution in [0, 0.1) is 11.8 Å². The first-order valence-electron chi connectivity index (χ1n) is 34.2. The molecule has 0 bridgehead atoms. The normalized spacial score (nSPS) is 28.7. The second kappa shape index (κ2) is 33.5. The molecule has 4 aromatic rings. The Morgan fingerprint density at radius 1 is 0.735 bits per heavy atom. The molecule has 0 radical (unpaired) electrons. The number of nitrogens with one attached hydrogen (secondary N) is 5. The monoisotopic (exact) mass is 1380 g/mol. The molecule has 2 aliphatic carbocycles. The standard InChI is InChI=1S/C67H94N14O16S/c1-35-33-81-57(58(35)89)62(93)71-32-43(83)26-47(70-29-37-8-11-40(12-9-37)63-77-78-64(98-63)41-15-13-39(14-16-41)42-30-72-67(73-31-42)79-21-18-46(19-22-79)97-45-6-4-3-5-7-45)59(90)74-54(36(2)82)65(94)80-34-44(84)27-48(80)60(91)75-55(61(92)76-56(66(81)95)51(87)28-53(69)88)50(86)24-38-10-17-49(85)52(25-38)96-23-20-68/h10,13-17,25,30-31,35-37,40,43-48,50-51,54-58,70,82-87,89H,3-9,11-12,18-24,26-29,32-34,68H2,1-2H3,(H2,69,88)(H,71,93)(H,74,90)(H,75,91)(H,76,92)/t35-,36+,37?,40?,43+,44+,47-,48-,50+,51+,54-,55-,56-,57-,58-/m0/s1. The molecule has 30 nitrogen and oxygen atoms in total. The molecule has 7 amide bonds. The number of ether oxygens (including phenoxy) is 2. The van der Waals surface area contributed by atoms with E-state index in [1.807, 2.05) is 36.7 Å². The lowest BCUT2D eigenvalue weighted by atomic mass is 9.82. The summed E-state index contributed by atoms with van der Waals surface area (Å²) in [7, 11) is 0. The van der Waals surface area contributed by atoms with E-state index in [2.05, 4.69) is 41.7 Å². The van der Waals surface area contributed by atoms with Crippen LogP contribution in [0.1, 0.15) is 120 Å². The number of aromatic nitrogens is 4. The minimum absolute atomic E-state index is 0.00800. The summed E-state index contributed by atoms with van der Waals surface area (Å²) in [4.78, 5) is 113. The summed E-state index contributed by atoms with van der Waals surface area (Å²) in [5, 5.41) is 103. The highest BCUT2D eigenvalue weighted by atomic mass is 32.1. The average Bonchev–Trinajstić information content (AvgIpc) is 1.64. The van der Waals surface area contributed by atoms with Crippen LogP contribution in [0.2, 0.25) is 0 Å². The first-order valence-corrected chi connectivity index (χ1v) is 35.0. The Labute approximate surface area is 572 Å². The number of aliphatic hydroxyl groups excluding tert-OH is 6. The number of hydrogen-bond donors (Lipinski definition) is 14. The van der Waals surface area contributed by atoms with Crippen LogP contribution in [-0.4, -0.2) is 245 Å². The van der Waals surface area contributed by atoms with E-state index < -0.39 is 159 Å². The number of amides is 7. The van der Waals surface area contributed by atoms with E-state index in [-0.39, 0.29) is 61.2 Å². The van der Waals surface area contributed by atoms with Crippen molar-refractivity contribution in [2.75, 3.05) is 57.3 Å².